The molecule has 0 radical (unpaired) electrons. The van der Waals surface area contributed by atoms with Gasteiger partial charge in [0.1, 0.15) is 11.5 Å². The summed E-state index contributed by atoms with van der Waals surface area (Å²) in [5.41, 5.74) is 1.92. The molecule has 160 valence electrons. The molecule has 0 aliphatic carbocycles. The molecule has 0 saturated carbocycles. The number of carbonyl (C=O) groups excluding carboxylic acids is 4. The summed E-state index contributed by atoms with van der Waals surface area (Å²) in [7, 11) is 0. The predicted octanol–water partition coefficient (Wildman–Crippen LogP) is 1.62. The first-order valence-electron chi connectivity index (χ1n) is 9.59. The monoisotopic (exact) mass is 417 g/mol. The van der Waals surface area contributed by atoms with E-state index >= 15 is 0 Å². The molecule has 1 fully saturated rings. The van der Waals surface area contributed by atoms with Crippen molar-refractivity contribution in [1.29, 1.82) is 0 Å². The highest BCUT2D eigenvalue weighted by Gasteiger charge is 2.32. The van der Waals surface area contributed by atoms with Gasteiger partial charge in [0.15, 0.2) is 0 Å². The van der Waals surface area contributed by atoms with E-state index in [0.717, 1.165) is 5.01 Å². The number of nitrogens with one attached hydrogen (secondary N) is 2. The van der Waals surface area contributed by atoms with Gasteiger partial charge in [-0.25, -0.2) is 0 Å². The molecule has 28 heavy (non-hydrogen) atoms. The number of esters is 1. The number of rotatable bonds is 8. The Kier molecular flexibility index (Phi) is 9.20. The van der Waals surface area contributed by atoms with Crippen molar-refractivity contribution in [2.45, 2.75) is 59.5 Å². The predicted molar refractivity (Wildman–Crippen MR) is 105 cm³/mol. The summed E-state index contributed by atoms with van der Waals surface area (Å²) >= 11 is 5.66. The van der Waals surface area contributed by atoms with E-state index in [1.165, 1.54) is 0 Å². The van der Waals surface area contributed by atoms with E-state index in [-0.39, 0.29) is 30.7 Å². The molecular weight excluding hydrogens is 386 g/mol. The van der Waals surface area contributed by atoms with Gasteiger partial charge in [-0.2, -0.15) is 0 Å². The molecule has 2 atom stereocenters. The molecule has 0 unspecified atom stereocenters. The first-order chi connectivity index (χ1) is 12.9. The van der Waals surface area contributed by atoms with Crippen LogP contribution in [0.5, 0.6) is 0 Å². The lowest BCUT2D eigenvalue weighted by Gasteiger charge is -2.28. The molecule has 0 spiro atoms. The zero-order chi connectivity index (χ0) is 21.5. The van der Waals surface area contributed by atoms with Gasteiger partial charge in [0.05, 0.1) is 24.8 Å². The lowest BCUT2D eigenvalue weighted by Crippen LogP contribution is -2.52. The van der Waals surface area contributed by atoms with Gasteiger partial charge in [0.25, 0.3) is 5.91 Å². The second-order valence-corrected chi connectivity index (χ2v) is 8.77. The van der Waals surface area contributed by atoms with Crippen LogP contribution in [-0.4, -0.2) is 53.3 Å². The lowest BCUT2D eigenvalue weighted by molar-refractivity contribution is -0.158. The number of ether oxygens (including phenoxy) is 1. The van der Waals surface area contributed by atoms with Crippen LogP contribution in [0.4, 0.5) is 0 Å². The molecule has 1 heterocycles. The number of alkyl halides is 1. The van der Waals surface area contributed by atoms with Gasteiger partial charge < -0.3 is 10.1 Å². The van der Waals surface area contributed by atoms with Crippen LogP contribution in [0.15, 0.2) is 0 Å². The van der Waals surface area contributed by atoms with Gasteiger partial charge in [-0.05, 0) is 39.5 Å². The van der Waals surface area contributed by atoms with Gasteiger partial charge in [-0.15, -0.1) is 11.6 Å². The Hall–Kier alpha value is -1.83. The van der Waals surface area contributed by atoms with Crippen molar-refractivity contribution in [2.75, 3.05) is 19.0 Å². The molecule has 1 aliphatic heterocycles. The number of amides is 3. The van der Waals surface area contributed by atoms with E-state index in [9.17, 15) is 19.2 Å². The molecule has 0 aromatic carbocycles. The number of nitrogens with zero attached hydrogens (tertiary/aromatic N) is 1. The summed E-state index contributed by atoms with van der Waals surface area (Å²) in [5, 5.41) is 3.79. The molecule has 1 rings (SSSR count). The zero-order valence-corrected chi connectivity index (χ0v) is 18.1. The van der Waals surface area contributed by atoms with Crippen molar-refractivity contribution < 1.29 is 23.9 Å². The first-order valence-corrected chi connectivity index (χ1v) is 10.1. The number of hydrazine groups is 1. The van der Waals surface area contributed by atoms with Crippen LogP contribution in [0, 0.1) is 17.8 Å². The zero-order valence-electron chi connectivity index (χ0n) is 17.3. The molecule has 0 aromatic rings. The van der Waals surface area contributed by atoms with Crippen molar-refractivity contribution >= 4 is 35.3 Å². The standard InChI is InChI=1S/C19H32ClN3O5/c1-12(2)8-14(9-16(25)28-19(3,4)5)18(27)22-23(15(24)10-20)11-13-6-7-21-17(13)26/h12-14H,6-11H2,1-5H3,(H,21,26)(H,22,27)/t13-,14+/m0/s1. The van der Waals surface area contributed by atoms with Crippen LogP contribution < -0.4 is 10.7 Å². The highest BCUT2D eigenvalue weighted by Crippen LogP contribution is 2.19. The van der Waals surface area contributed by atoms with Crippen LogP contribution in [0.3, 0.4) is 0 Å². The molecule has 1 aliphatic rings. The van der Waals surface area contributed by atoms with E-state index < -0.39 is 35.2 Å². The maximum absolute atomic E-state index is 12.8. The van der Waals surface area contributed by atoms with Crippen molar-refractivity contribution in [3.05, 3.63) is 0 Å². The third-order valence-corrected chi connectivity index (χ3v) is 4.41. The smallest absolute Gasteiger partial charge is 0.307 e. The Morgan fingerprint density at radius 2 is 1.96 bits per heavy atom. The summed E-state index contributed by atoms with van der Waals surface area (Å²) in [6.07, 6.45) is 0.945. The SMILES string of the molecule is CC(C)C[C@H](CC(=O)OC(C)(C)C)C(=O)NN(C[C@@H]1CCNC1=O)C(=O)CCl. The Morgan fingerprint density at radius 3 is 2.43 bits per heavy atom. The Balaban J connectivity index is 2.83. The second-order valence-electron chi connectivity index (χ2n) is 8.51. The maximum Gasteiger partial charge on any atom is 0.307 e. The van der Waals surface area contributed by atoms with Crippen LogP contribution >= 0.6 is 11.6 Å². The minimum absolute atomic E-state index is 0.0456. The second kappa shape index (κ2) is 10.6. The minimum atomic E-state index is -0.655. The molecule has 2 N–H and O–H groups in total. The van der Waals surface area contributed by atoms with Crippen LogP contribution in [0.25, 0.3) is 0 Å². The Bertz CT molecular complexity index is 589. The fourth-order valence-corrected chi connectivity index (χ4v) is 3.13. The third kappa shape index (κ3) is 8.46. The average molecular weight is 418 g/mol. The molecule has 0 aromatic heterocycles. The minimum Gasteiger partial charge on any atom is -0.460 e. The normalized spacial score (nSPS) is 17.8. The summed E-state index contributed by atoms with van der Waals surface area (Å²) in [6.45, 7) is 9.75. The van der Waals surface area contributed by atoms with Gasteiger partial charge >= 0.3 is 5.97 Å². The third-order valence-electron chi connectivity index (χ3n) is 4.19. The van der Waals surface area contributed by atoms with Crippen LogP contribution in [0.1, 0.15) is 53.9 Å². The van der Waals surface area contributed by atoms with E-state index in [0.29, 0.717) is 19.4 Å². The molecular formula is C19H32ClN3O5. The fraction of sp³-hybridized carbons (Fsp3) is 0.789. The molecule has 8 nitrogen and oxygen atoms in total. The number of carbonyl (C=O) groups is 4. The van der Waals surface area contributed by atoms with E-state index in [2.05, 4.69) is 10.7 Å². The topological polar surface area (TPSA) is 105 Å². The largest absolute Gasteiger partial charge is 0.460 e. The van der Waals surface area contributed by atoms with E-state index in [4.69, 9.17) is 16.3 Å². The highest BCUT2D eigenvalue weighted by atomic mass is 35.5. The van der Waals surface area contributed by atoms with Gasteiger partial charge in [0.2, 0.25) is 11.8 Å². The van der Waals surface area contributed by atoms with Crippen molar-refractivity contribution in [2.24, 2.45) is 17.8 Å². The maximum atomic E-state index is 12.8. The molecule has 1 saturated heterocycles. The number of hydrogen-bond acceptors (Lipinski definition) is 5. The molecule has 9 heteroatoms. The fourth-order valence-electron chi connectivity index (χ4n) is 2.98. The van der Waals surface area contributed by atoms with E-state index in [1.807, 2.05) is 13.8 Å². The van der Waals surface area contributed by atoms with Gasteiger partial charge in [-0.1, -0.05) is 13.8 Å². The van der Waals surface area contributed by atoms with Gasteiger partial charge in [0, 0.05) is 6.54 Å². The first kappa shape index (κ1) is 24.2. The van der Waals surface area contributed by atoms with E-state index in [1.54, 1.807) is 20.8 Å². The van der Waals surface area contributed by atoms with Gasteiger partial charge in [-0.3, -0.25) is 29.6 Å². The quantitative estimate of drug-likeness (QED) is 0.354. The Labute approximate surface area is 171 Å². The van der Waals surface area contributed by atoms with Crippen LogP contribution in [-0.2, 0) is 23.9 Å². The van der Waals surface area contributed by atoms with Crippen molar-refractivity contribution in [3.8, 4) is 0 Å². The molecule has 3 amide bonds. The summed E-state index contributed by atoms with van der Waals surface area (Å²) < 4.78 is 5.32. The van der Waals surface area contributed by atoms with Crippen LogP contribution in [0.2, 0.25) is 0 Å². The molecule has 0 bridgehead atoms. The lowest BCUT2D eigenvalue weighted by atomic mass is 9.93. The number of hydrogen-bond donors (Lipinski definition) is 2. The highest BCUT2D eigenvalue weighted by molar-refractivity contribution is 6.27. The van der Waals surface area contributed by atoms with Crippen molar-refractivity contribution in [1.82, 2.24) is 15.8 Å². The summed E-state index contributed by atoms with van der Waals surface area (Å²) in [4.78, 5) is 49.0. The summed E-state index contributed by atoms with van der Waals surface area (Å²) in [6, 6.07) is 0. The Morgan fingerprint density at radius 1 is 1.32 bits per heavy atom. The summed E-state index contributed by atoms with van der Waals surface area (Å²) in [5.74, 6) is -2.81. The average Bonchev–Trinajstić information content (AvgIpc) is 2.95. The van der Waals surface area contributed by atoms with Crippen molar-refractivity contribution in [3.63, 3.8) is 0 Å². The number of halogens is 1.